The first kappa shape index (κ1) is 26.0. The molecule has 0 spiro atoms. The van der Waals surface area contributed by atoms with Gasteiger partial charge in [-0.15, -0.1) is 11.3 Å². The van der Waals surface area contributed by atoms with E-state index in [2.05, 4.69) is 42.7 Å². The molecule has 1 aliphatic heterocycles. The zero-order valence-electron chi connectivity index (χ0n) is 20.9. The van der Waals surface area contributed by atoms with Crippen molar-refractivity contribution in [2.45, 2.75) is 52.1 Å². The zero-order chi connectivity index (χ0) is 24.7. The third kappa shape index (κ3) is 6.73. The molecule has 2 heterocycles. The molecule has 0 fully saturated rings. The number of thiophene rings is 1. The van der Waals surface area contributed by atoms with Gasteiger partial charge in [-0.25, -0.2) is 4.79 Å². The fraction of sp³-hybridized carbons (Fsp3) is 0.538. The molecule has 8 heteroatoms. The number of carbonyl (C=O) groups is 2. The standard InChI is InChI=1S/C26H37N3O4S/c1-18(2)20-6-8-21(9-7-20)33-17-23-22-11-15-34-24(22)10-12-29(23)25(30)16-28(13-14-32-5)26(31)27-19(3)4/h6-9,11,15,18-19,23H,10,12-14,16-17H2,1-5H3,(H,27,31)/t23-/m0/s1. The molecule has 0 unspecified atom stereocenters. The fourth-order valence-electron chi connectivity index (χ4n) is 4.04. The second-order valence-electron chi connectivity index (χ2n) is 9.21. The van der Waals surface area contributed by atoms with Gasteiger partial charge >= 0.3 is 6.03 Å². The first-order valence-electron chi connectivity index (χ1n) is 11.9. The van der Waals surface area contributed by atoms with E-state index in [9.17, 15) is 9.59 Å². The maximum Gasteiger partial charge on any atom is 0.318 e. The molecule has 0 bridgehead atoms. The molecule has 186 valence electrons. The minimum Gasteiger partial charge on any atom is -0.491 e. The molecule has 0 saturated carbocycles. The van der Waals surface area contributed by atoms with Gasteiger partial charge in [0.15, 0.2) is 0 Å². The molecule has 1 aromatic carbocycles. The summed E-state index contributed by atoms with van der Waals surface area (Å²) in [5.41, 5.74) is 2.40. The maximum absolute atomic E-state index is 13.4. The first-order chi connectivity index (χ1) is 16.3. The van der Waals surface area contributed by atoms with Crippen molar-refractivity contribution in [1.82, 2.24) is 15.1 Å². The highest BCUT2D eigenvalue weighted by Crippen LogP contribution is 2.34. The predicted molar refractivity (Wildman–Crippen MR) is 136 cm³/mol. The number of amides is 3. The molecule has 3 amide bonds. The first-order valence-corrected chi connectivity index (χ1v) is 12.8. The van der Waals surface area contributed by atoms with Crippen LogP contribution in [-0.4, -0.2) is 67.7 Å². The lowest BCUT2D eigenvalue weighted by Gasteiger charge is -2.37. The molecule has 2 aromatic rings. The van der Waals surface area contributed by atoms with E-state index in [0.717, 1.165) is 17.7 Å². The molecule has 1 aromatic heterocycles. The summed E-state index contributed by atoms with van der Waals surface area (Å²) in [4.78, 5) is 30.8. The van der Waals surface area contributed by atoms with Crippen LogP contribution >= 0.6 is 11.3 Å². The summed E-state index contributed by atoms with van der Waals surface area (Å²) in [5.74, 6) is 1.16. The molecular weight excluding hydrogens is 450 g/mol. The number of carbonyl (C=O) groups excluding carboxylic acids is 2. The average molecular weight is 488 g/mol. The van der Waals surface area contributed by atoms with E-state index >= 15 is 0 Å². The summed E-state index contributed by atoms with van der Waals surface area (Å²) in [6.45, 7) is 9.82. The van der Waals surface area contributed by atoms with Gasteiger partial charge in [-0.1, -0.05) is 26.0 Å². The largest absolute Gasteiger partial charge is 0.491 e. The van der Waals surface area contributed by atoms with E-state index in [1.807, 2.05) is 30.9 Å². The Balaban J connectivity index is 1.73. The lowest BCUT2D eigenvalue weighted by Crippen LogP contribution is -2.51. The van der Waals surface area contributed by atoms with Crippen LogP contribution in [0.3, 0.4) is 0 Å². The third-order valence-corrected chi connectivity index (χ3v) is 6.96. The van der Waals surface area contributed by atoms with E-state index in [-0.39, 0.29) is 30.6 Å². The molecular formula is C26H37N3O4S. The predicted octanol–water partition coefficient (Wildman–Crippen LogP) is 4.44. The number of urea groups is 1. The van der Waals surface area contributed by atoms with Gasteiger partial charge < -0.3 is 24.6 Å². The highest BCUT2D eigenvalue weighted by atomic mass is 32.1. The van der Waals surface area contributed by atoms with Crippen molar-refractivity contribution >= 4 is 23.3 Å². The van der Waals surface area contributed by atoms with Crippen LogP contribution < -0.4 is 10.1 Å². The van der Waals surface area contributed by atoms with E-state index in [4.69, 9.17) is 9.47 Å². The summed E-state index contributed by atoms with van der Waals surface area (Å²) in [5, 5.41) is 4.95. The van der Waals surface area contributed by atoms with E-state index < -0.39 is 0 Å². The average Bonchev–Trinajstić information content (AvgIpc) is 3.29. The van der Waals surface area contributed by atoms with Crippen LogP contribution in [0.1, 0.15) is 55.7 Å². The van der Waals surface area contributed by atoms with Crippen LogP contribution in [-0.2, 0) is 16.0 Å². The van der Waals surface area contributed by atoms with Gasteiger partial charge in [-0.05, 0) is 60.9 Å². The molecule has 0 radical (unpaired) electrons. The quantitative estimate of drug-likeness (QED) is 0.538. The summed E-state index contributed by atoms with van der Waals surface area (Å²) in [7, 11) is 1.59. The Kier molecular flexibility index (Phi) is 9.36. The van der Waals surface area contributed by atoms with Crippen LogP contribution in [0.2, 0.25) is 0 Å². The van der Waals surface area contributed by atoms with Crippen LogP contribution in [0.4, 0.5) is 4.79 Å². The van der Waals surface area contributed by atoms with E-state index in [0.29, 0.717) is 32.2 Å². The monoisotopic (exact) mass is 487 g/mol. The normalized spacial score (nSPS) is 15.4. The fourth-order valence-corrected chi connectivity index (χ4v) is 4.97. The zero-order valence-corrected chi connectivity index (χ0v) is 21.7. The number of hydrogen-bond acceptors (Lipinski definition) is 5. The van der Waals surface area contributed by atoms with Crippen molar-refractivity contribution in [1.29, 1.82) is 0 Å². The number of ether oxygens (including phenoxy) is 2. The van der Waals surface area contributed by atoms with Gasteiger partial charge in [0.05, 0.1) is 12.6 Å². The lowest BCUT2D eigenvalue weighted by atomic mass is 10.00. The highest BCUT2D eigenvalue weighted by Gasteiger charge is 2.33. The number of methoxy groups -OCH3 is 1. The van der Waals surface area contributed by atoms with Gasteiger partial charge in [-0.3, -0.25) is 4.79 Å². The number of rotatable bonds is 10. The number of nitrogens with one attached hydrogen (secondary N) is 1. The molecule has 1 N–H and O–H groups in total. The summed E-state index contributed by atoms with van der Waals surface area (Å²) < 4.78 is 11.3. The highest BCUT2D eigenvalue weighted by molar-refractivity contribution is 7.10. The Hall–Kier alpha value is -2.58. The van der Waals surface area contributed by atoms with E-state index in [1.165, 1.54) is 15.3 Å². The van der Waals surface area contributed by atoms with Crippen LogP contribution in [0.15, 0.2) is 35.7 Å². The van der Waals surface area contributed by atoms with Gasteiger partial charge in [0.25, 0.3) is 0 Å². The second-order valence-corrected chi connectivity index (χ2v) is 10.2. The van der Waals surface area contributed by atoms with Crippen molar-refractivity contribution in [3.8, 4) is 5.75 Å². The Bertz CT molecular complexity index is 942. The third-order valence-electron chi connectivity index (χ3n) is 5.96. The molecule has 0 aliphatic carbocycles. The minimum atomic E-state index is -0.258. The molecule has 7 nitrogen and oxygen atoms in total. The van der Waals surface area contributed by atoms with Crippen LogP contribution in [0.5, 0.6) is 5.75 Å². The van der Waals surface area contributed by atoms with Gasteiger partial charge in [-0.2, -0.15) is 0 Å². The molecule has 34 heavy (non-hydrogen) atoms. The second kappa shape index (κ2) is 12.2. The number of fused-ring (bicyclic) bond motifs is 1. The smallest absolute Gasteiger partial charge is 0.318 e. The van der Waals surface area contributed by atoms with Crippen LogP contribution in [0, 0.1) is 0 Å². The van der Waals surface area contributed by atoms with Crippen molar-refractivity contribution in [3.05, 3.63) is 51.7 Å². The lowest BCUT2D eigenvalue weighted by molar-refractivity contribution is -0.135. The van der Waals surface area contributed by atoms with E-state index in [1.54, 1.807) is 18.4 Å². The number of hydrogen-bond donors (Lipinski definition) is 1. The summed E-state index contributed by atoms with van der Waals surface area (Å²) >= 11 is 1.72. The minimum absolute atomic E-state index is 0.000962. The summed E-state index contributed by atoms with van der Waals surface area (Å²) in [6, 6.07) is 9.77. The SMILES string of the molecule is COCCN(CC(=O)N1CCc2sccc2[C@@H]1COc1ccc(C(C)C)cc1)C(=O)NC(C)C. The van der Waals surface area contributed by atoms with Crippen molar-refractivity contribution < 1.29 is 19.1 Å². The van der Waals surface area contributed by atoms with Crippen LogP contribution in [0.25, 0.3) is 0 Å². The molecule has 1 atom stereocenters. The van der Waals surface area contributed by atoms with Gasteiger partial charge in [0, 0.05) is 31.1 Å². The molecule has 1 aliphatic rings. The van der Waals surface area contributed by atoms with Gasteiger partial charge in [0.1, 0.15) is 18.9 Å². The van der Waals surface area contributed by atoms with Crippen molar-refractivity contribution in [2.24, 2.45) is 0 Å². The van der Waals surface area contributed by atoms with Crippen molar-refractivity contribution in [3.63, 3.8) is 0 Å². The van der Waals surface area contributed by atoms with Crippen molar-refractivity contribution in [2.75, 3.05) is 40.0 Å². The number of nitrogens with zero attached hydrogens (tertiary/aromatic N) is 2. The Labute approximate surface area is 207 Å². The van der Waals surface area contributed by atoms with Gasteiger partial charge in [0.2, 0.25) is 5.91 Å². The molecule has 3 rings (SSSR count). The number of benzene rings is 1. The molecule has 0 saturated heterocycles. The Morgan fingerprint density at radius 2 is 1.91 bits per heavy atom. The Morgan fingerprint density at radius 1 is 1.18 bits per heavy atom. The Morgan fingerprint density at radius 3 is 2.56 bits per heavy atom. The topological polar surface area (TPSA) is 71.1 Å². The maximum atomic E-state index is 13.4. The summed E-state index contributed by atoms with van der Waals surface area (Å²) in [6.07, 6.45) is 0.814.